The molecule has 0 saturated heterocycles. The second kappa shape index (κ2) is 18.8. The summed E-state index contributed by atoms with van der Waals surface area (Å²) in [6.07, 6.45) is 3.71. The molecule has 0 spiro atoms. The lowest BCUT2D eigenvalue weighted by Crippen LogP contribution is -2.24. The van der Waals surface area contributed by atoms with Crippen molar-refractivity contribution in [3.05, 3.63) is 185 Å². The zero-order valence-electron chi connectivity index (χ0n) is 29.6. The first kappa shape index (κ1) is 37.2. The molecule has 0 amide bonds. The maximum absolute atomic E-state index is 12.6. The van der Waals surface area contributed by atoms with Gasteiger partial charge in [0.2, 0.25) is 0 Å². The Hall–Kier alpha value is -5.66. The Morgan fingerprint density at radius 3 is 1.34 bits per heavy atom. The third kappa shape index (κ3) is 11.5. The van der Waals surface area contributed by atoms with Gasteiger partial charge in [-0.1, -0.05) is 94.8 Å². The van der Waals surface area contributed by atoms with Gasteiger partial charge in [0.1, 0.15) is 11.9 Å². The summed E-state index contributed by atoms with van der Waals surface area (Å²) in [5.41, 5.74) is 9.22. The molecular formula is C46H46O4. The number of ether oxygens (including phenoxy) is 2. The van der Waals surface area contributed by atoms with Gasteiger partial charge in [0, 0.05) is 11.1 Å². The molecule has 0 aliphatic heterocycles. The lowest BCUT2D eigenvalue weighted by Gasteiger charge is -2.28. The average molecular weight is 663 g/mol. The van der Waals surface area contributed by atoms with Gasteiger partial charge in [0.15, 0.2) is 0 Å². The molecule has 1 aliphatic rings. The first-order chi connectivity index (χ1) is 24.2. The summed E-state index contributed by atoms with van der Waals surface area (Å²) in [6, 6.07) is 39.0. The summed E-state index contributed by atoms with van der Waals surface area (Å²) in [7, 11) is 0. The van der Waals surface area contributed by atoms with Gasteiger partial charge in [0.05, 0.1) is 11.1 Å². The van der Waals surface area contributed by atoms with Crippen LogP contribution in [0, 0.1) is 39.5 Å². The van der Waals surface area contributed by atoms with Crippen LogP contribution >= 0.6 is 0 Å². The third-order valence-corrected chi connectivity index (χ3v) is 8.54. The van der Waals surface area contributed by atoms with Crippen LogP contribution in [0.4, 0.5) is 0 Å². The average Bonchev–Trinajstić information content (AvgIpc) is 3.15. The van der Waals surface area contributed by atoms with E-state index >= 15 is 0 Å². The highest BCUT2D eigenvalue weighted by Gasteiger charge is 2.25. The van der Waals surface area contributed by atoms with Crippen LogP contribution in [0.15, 0.2) is 134 Å². The molecule has 1 fully saturated rings. The molecule has 0 radical (unpaired) electrons. The minimum Gasteiger partial charge on any atom is -0.459 e. The highest BCUT2D eigenvalue weighted by molar-refractivity contribution is 5.94. The van der Waals surface area contributed by atoms with Crippen molar-refractivity contribution in [1.82, 2.24) is 0 Å². The van der Waals surface area contributed by atoms with Gasteiger partial charge in [-0.25, -0.2) is 9.59 Å². The molecule has 0 unspecified atom stereocenters. The normalized spacial score (nSPS) is 14.6. The van der Waals surface area contributed by atoms with Crippen molar-refractivity contribution in [3.8, 4) is 17.6 Å². The standard InChI is InChI=1S/C28H28O4.C16H14.C2H4/c1-19-3-7-21(8-4-19)22-13-17-26(18-14-22)32-28(30)24-11-9-23(10-12-24)27(29)31-25-15-5-20(2)6-16-25;1-13-3-7-15(8-4-13)11-12-16-9-5-14(2)6-10-16;1-2/h3-12,15-16,22,26H,13-14,17-18H2,1-2H3;3-10H,1-2H3;1-2H2. The molecule has 0 atom stereocenters. The second-order valence-electron chi connectivity index (χ2n) is 12.6. The quantitative estimate of drug-likeness (QED) is 0.0813. The van der Waals surface area contributed by atoms with Crippen molar-refractivity contribution < 1.29 is 19.1 Å². The molecule has 4 heteroatoms. The molecule has 0 heterocycles. The van der Waals surface area contributed by atoms with E-state index in [1.807, 2.05) is 19.1 Å². The Morgan fingerprint density at radius 2 is 0.900 bits per heavy atom. The van der Waals surface area contributed by atoms with E-state index < -0.39 is 5.97 Å². The molecule has 1 saturated carbocycles. The Kier molecular flexibility index (Phi) is 14.0. The summed E-state index contributed by atoms with van der Waals surface area (Å²) in [5.74, 6) is 6.54. The van der Waals surface area contributed by atoms with Gasteiger partial charge < -0.3 is 9.47 Å². The molecule has 50 heavy (non-hydrogen) atoms. The fourth-order valence-corrected chi connectivity index (χ4v) is 5.50. The highest BCUT2D eigenvalue weighted by Crippen LogP contribution is 2.34. The maximum atomic E-state index is 12.6. The molecule has 1 aliphatic carbocycles. The Morgan fingerprint density at radius 1 is 0.520 bits per heavy atom. The number of benzene rings is 5. The minimum atomic E-state index is -0.455. The van der Waals surface area contributed by atoms with E-state index in [1.165, 1.54) is 22.3 Å². The predicted octanol–water partition coefficient (Wildman–Crippen LogP) is 10.9. The van der Waals surface area contributed by atoms with Gasteiger partial charge in [0.25, 0.3) is 0 Å². The molecular weight excluding hydrogens is 617 g/mol. The van der Waals surface area contributed by atoms with Crippen LogP contribution in [0.25, 0.3) is 0 Å². The molecule has 0 N–H and O–H groups in total. The van der Waals surface area contributed by atoms with Crippen LogP contribution in [0.2, 0.25) is 0 Å². The molecule has 5 aromatic carbocycles. The number of aryl methyl sites for hydroxylation is 4. The molecule has 0 bridgehead atoms. The lowest BCUT2D eigenvalue weighted by atomic mass is 9.82. The van der Waals surface area contributed by atoms with Crippen molar-refractivity contribution in [2.45, 2.75) is 65.4 Å². The summed E-state index contributed by atoms with van der Waals surface area (Å²) >= 11 is 0. The van der Waals surface area contributed by atoms with Crippen LogP contribution < -0.4 is 4.74 Å². The van der Waals surface area contributed by atoms with Crippen LogP contribution in [0.1, 0.15) is 91.3 Å². The van der Waals surface area contributed by atoms with Crippen molar-refractivity contribution in [2.24, 2.45) is 0 Å². The zero-order chi connectivity index (χ0) is 35.9. The second-order valence-corrected chi connectivity index (χ2v) is 12.6. The minimum absolute atomic E-state index is 0.0598. The monoisotopic (exact) mass is 662 g/mol. The van der Waals surface area contributed by atoms with E-state index in [1.54, 1.807) is 36.4 Å². The molecule has 254 valence electrons. The molecule has 6 rings (SSSR count). The highest BCUT2D eigenvalue weighted by atomic mass is 16.5. The predicted molar refractivity (Wildman–Crippen MR) is 204 cm³/mol. The number of carbonyl (C=O) groups excluding carboxylic acids is 2. The van der Waals surface area contributed by atoms with Crippen LogP contribution in [0.5, 0.6) is 5.75 Å². The van der Waals surface area contributed by atoms with Crippen molar-refractivity contribution >= 4 is 11.9 Å². The van der Waals surface area contributed by atoms with Gasteiger partial charge in [-0.3, -0.25) is 0 Å². The zero-order valence-corrected chi connectivity index (χ0v) is 29.6. The van der Waals surface area contributed by atoms with Crippen LogP contribution in [-0.4, -0.2) is 18.0 Å². The van der Waals surface area contributed by atoms with Crippen molar-refractivity contribution in [3.63, 3.8) is 0 Å². The molecule has 0 aromatic heterocycles. The largest absolute Gasteiger partial charge is 0.459 e. The van der Waals surface area contributed by atoms with E-state index in [9.17, 15) is 9.59 Å². The Labute approximate surface area is 297 Å². The summed E-state index contributed by atoms with van der Waals surface area (Å²) in [4.78, 5) is 24.9. The molecule has 5 aromatic rings. The number of hydrogen-bond donors (Lipinski definition) is 0. The summed E-state index contributed by atoms with van der Waals surface area (Å²) in [6.45, 7) is 14.2. The van der Waals surface area contributed by atoms with Gasteiger partial charge >= 0.3 is 11.9 Å². The number of rotatable bonds is 5. The van der Waals surface area contributed by atoms with E-state index in [-0.39, 0.29) is 12.1 Å². The Bertz CT molecular complexity index is 1820. The molecule has 4 nitrogen and oxygen atoms in total. The van der Waals surface area contributed by atoms with Crippen LogP contribution in [0.3, 0.4) is 0 Å². The van der Waals surface area contributed by atoms with E-state index in [0.717, 1.165) is 42.4 Å². The van der Waals surface area contributed by atoms with E-state index in [0.29, 0.717) is 22.8 Å². The third-order valence-electron chi connectivity index (χ3n) is 8.54. The van der Waals surface area contributed by atoms with Crippen molar-refractivity contribution in [1.29, 1.82) is 0 Å². The fraction of sp³-hybridized carbons (Fsp3) is 0.217. The van der Waals surface area contributed by atoms with Crippen molar-refractivity contribution in [2.75, 3.05) is 0 Å². The first-order valence-electron chi connectivity index (χ1n) is 17.0. The number of hydrogen-bond acceptors (Lipinski definition) is 4. The summed E-state index contributed by atoms with van der Waals surface area (Å²) < 4.78 is 11.1. The SMILES string of the molecule is C=C.Cc1ccc(C#Cc2ccc(C)cc2)cc1.Cc1ccc(OC(=O)c2ccc(C(=O)OC3CCC(c4ccc(C)cc4)CC3)cc2)cc1. The van der Waals surface area contributed by atoms with Crippen LogP contribution in [-0.2, 0) is 4.74 Å². The smallest absolute Gasteiger partial charge is 0.343 e. The van der Waals surface area contributed by atoms with Gasteiger partial charge in [-0.15, -0.1) is 13.2 Å². The number of carbonyl (C=O) groups is 2. The summed E-state index contributed by atoms with van der Waals surface area (Å²) in [5, 5.41) is 0. The maximum Gasteiger partial charge on any atom is 0.343 e. The first-order valence-corrected chi connectivity index (χ1v) is 17.0. The fourth-order valence-electron chi connectivity index (χ4n) is 5.50. The lowest BCUT2D eigenvalue weighted by molar-refractivity contribution is 0.0195. The Balaban J connectivity index is 0.000000261. The topological polar surface area (TPSA) is 52.6 Å². The van der Waals surface area contributed by atoms with E-state index in [2.05, 4.69) is 119 Å². The number of esters is 2. The van der Waals surface area contributed by atoms with E-state index in [4.69, 9.17) is 9.47 Å². The van der Waals surface area contributed by atoms with Gasteiger partial charge in [-0.05, 0) is 126 Å². The van der Waals surface area contributed by atoms with Gasteiger partial charge in [-0.2, -0.15) is 0 Å².